The molecule has 0 aromatic carbocycles. The molecule has 0 bridgehead atoms. The Balaban J connectivity index is 1.51. The zero-order chi connectivity index (χ0) is 16.3. The maximum atomic E-state index is 11.8. The van der Waals surface area contributed by atoms with E-state index in [1.807, 2.05) is 12.1 Å². The second-order valence-electron chi connectivity index (χ2n) is 5.97. The largest absolute Gasteiger partial charge is 0.356 e. The van der Waals surface area contributed by atoms with E-state index in [2.05, 4.69) is 20.9 Å². The molecule has 1 aliphatic heterocycles. The number of rotatable bonds is 8. The van der Waals surface area contributed by atoms with Gasteiger partial charge in [-0.2, -0.15) is 0 Å². The molecule has 0 unspecified atom stereocenters. The highest BCUT2D eigenvalue weighted by molar-refractivity contribution is 5.78. The summed E-state index contributed by atoms with van der Waals surface area (Å²) in [7, 11) is 0. The number of hydrogen-bond acceptors (Lipinski definition) is 4. The fourth-order valence-corrected chi connectivity index (χ4v) is 2.70. The summed E-state index contributed by atoms with van der Waals surface area (Å²) in [6, 6.07) is 3.75. The normalized spacial score (nSPS) is 15.1. The summed E-state index contributed by atoms with van der Waals surface area (Å²) in [6.07, 6.45) is 7.55. The van der Waals surface area contributed by atoms with Gasteiger partial charge in [-0.1, -0.05) is 6.07 Å². The van der Waals surface area contributed by atoms with E-state index in [4.69, 9.17) is 0 Å². The van der Waals surface area contributed by atoms with Gasteiger partial charge in [0.25, 0.3) is 0 Å². The van der Waals surface area contributed by atoms with Crippen LogP contribution in [0.5, 0.6) is 0 Å². The topological polar surface area (TPSA) is 83.1 Å². The Morgan fingerprint density at radius 3 is 2.70 bits per heavy atom. The fraction of sp³-hybridized carbons (Fsp3) is 0.588. The first-order valence-electron chi connectivity index (χ1n) is 8.37. The first-order valence-corrected chi connectivity index (χ1v) is 8.37. The molecule has 2 amide bonds. The second-order valence-corrected chi connectivity index (χ2v) is 5.97. The van der Waals surface area contributed by atoms with E-state index < -0.39 is 0 Å². The smallest absolute Gasteiger partial charge is 0.222 e. The van der Waals surface area contributed by atoms with Crippen molar-refractivity contribution in [1.82, 2.24) is 20.9 Å². The van der Waals surface area contributed by atoms with Gasteiger partial charge in [-0.3, -0.25) is 14.6 Å². The van der Waals surface area contributed by atoms with Gasteiger partial charge in [0.05, 0.1) is 0 Å². The lowest BCUT2D eigenvalue weighted by Gasteiger charge is -2.22. The Morgan fingerprint density at radius 1 is 1.17 bits per heavy atom. The molecule has 2 rings (SSSR count). The number of amides is 2. The van der Waals surface area contributed by atoms with Gasteiger partial charge in [0.2, 0.25) is 11.8 Å². The van der Waals surface area contributed by atoms with Crippen LogP contribution in [-0.2, 0) is 16.1 Å². The molecule has 1 aliphatic rings. The van der Waals surface area contributed by atoms with Gasteiger partial charge in [0.1, 0.15) is 0 Å². The van der Waals surface area contributed by atoms with E-state index in [1.54, 1.807) is 12.4 Å². The predicted molar refractivity (Wildman–Crippen MR) is 88.5 cm³/mol. The van der Waals surface area contributed by atoms with Crippen LogP contribution in [0.4, 0.5) is 0 Å². The number of pyridine rings is 1. The van der Waals surface area contributed by atoms with E-state index >= 15 is 0 Å². The van der Waals surface area contributed by atoms with Crippen molar-refractivity contribution >= 4 is 11.8 Å². The molecule has 1 aromatic rings. The molecule has 0 radical (unpaired) electrons. The van der Waals surface area contributed by atoms with E-state index in [-0.39, 0.29) is 11.8 Å². The van der Waals surface area contributed by atoms with Crippen LogP contribution >= 0.6 is 0 Å². The van der Waals surface area contributed by atoms with Crippen molar-refractivity contribution in [2.75, 3.05) is 19.6 Å². The Hall–Kier alpha value is -1.95. The minimum atomic E-state index is -0.0625. The highest BCUT2D eigenvalue weighted by Gasteiger charge is 2.14. The van der Waals surface area contributed by atoms with Crippen LogP contribution in [0.15, 0.2) is 24.5 Å². The minimum Gasteiger partial charge on any atom is -0.356 e. The van der Waals surface area contributed by atoms with Gasteiger partial charge in [-0.05, 0) is 49.9 Å². The van der Waals surface area contributed by atoms with Crippen molar-refractivity contribution in [2.24, 2.45) is 5.92 Å². The number of nitrogens with one attached hydrogen (secondary N) is 3. The van der Waals surface area contributed by atoms with Crippen molar-refractivity contribution in [1.29, 1.82) is 0 Å². The van der Waals surface area contributed by atoms with E-state index in [0.717, 1.165) is 37.9 Å². The molecule has 1 fully saturated rings. The molecule has 126 valence electrons. The molecule has 3 N–H and O–H groups in total. The zero-order valence-electron chi connectivity index (χ0n) is 13.5. The molecular weight excluding hydrogens is 292 g/mol. The van der Waals surface area contributed by atoms with Gasteiger partial charge in [-0.15, -0.1) is 0 Å². The van der Waals surface area contributed by atoms with Crippen LogP contribution in [0.25, 0.3) is 0 Å². The van der Waals surface area contributed by atoms with Crippen molar-refractivity contribution in [3.63, 3.8) is 0 Å². The maximum Gasteiger partial charge on any atom is 0.222 e. The molecule has 0 atom stereocenters. The monoisotopic (exact) mass is 318 g/mol. The van der Waals surface area contributed by atoms with Crippen molar-refractivity contribution in [3.8, 4) is 0 Å². The van der Waals surface area contributed by atoms with Crippen LogP contribution in [0, 0.1) is 5.92 Å². The lowest BCUT2D eigenvalue weighted by atomic mass is 9.93. The van der Waals surface area contributed by atoms with Crippen LogP contribution in [0.2, 0.25) is 0 Å². The van der Waals surface area contributed by atoms with Gasteiger partial charge >= 0.3 is 0 Å². The van der Waals surface area contributed by atoms with Crippen molar-refractivity contribution in [2.45, 2.75) is 38.6 Å². The Morgan fingerprint density at radius 2 is 1.96 bits per heavy atom. The minimum absolute atomic E-state index is 0.0450. The number of hydrogen-bond donors (Lipinski definition) is 3. The summed E-state index contributed by atoms with van der Waals surface area (Å²) in [5.74, 6) is 0.640. The Bertz CT molecular complexity index is 487. The molecule has 6 heteroatoms. The SMILES string of the molecule is O=C(CCC1CCNCC1)NCCC(=O)NCc1cccnc1. The molecule has 1 saturated heterocycles. The quantitative estimate of drug-likeness (QED) is 0.667. The number of piperidine rings is 1. The van der Waals surface area contributed by atoms with E-state index in [0.29, 0.717) is 31.8 Å². The highest BCUT2D eigenvalue weighted by Crippen LogP contribution is 2.17. The van der Waals surface area contributed by atoms with Gasteiger partial charge in [0, 0.05) is 38.3 Å². The number of nitrogens with zero attached hydrogens (tertiary/aromatic N) is 1. The lowest BCUT2D eigenvalue weighted by molar-refractivity contribution is -0.122. The summed E-state index contributed by atoms with van der Waals surface area (Å²) < 4.78 is 0. The third-order valence-electron chi connectivity index (χ3n) is 4.13. The van der Waals surface area contributed by atoms with Crippen molar-refractivity contribution < 1.29 is 9.59 Å². The standard InChI is InChI=1S/C17H26N4O2/c22-16(4-3-14-5-9-18-10-6-14)20-11-7-17(23)21-13-15-2-1-8-19-12-15/h1-2,8,12,14,18H,3-7,9-11,13H2,(H,20,22)(H,21,23). The van der Waals surface area contributed by atoms with Gasteiger partial charge in [0.15, 0.2) is 0 Å². The molecule has 0 spiro atoms. The summed E-state index contributed by atoms with van der Waals surface area (Å²) in [6.45, 7) is 2.98. The number of aromatic nitrogens is 1. The van der Waals surface area contributed by atoms with Crippen molar-refractivity contribution in [3.05, 3.63) is 30.1 Å². The second kappa shape index (κ2) is 9.94. The third kappa shape index (κ3) is 7.23. The first kappa shape index (κ1) is 17.4. The summed E-state index contributed by atoms with van der Waals surface area (Å²) in [5.41, 5.74) is 0.965. The van der Waals surface area contributed by atoms with Crippen LogP contribution in [0.1, 0.15) is 37.7 Å². The van der Waals surface area contributed by atoms with E-state index in [9.17, 15) is 9.59 Å². The van der Waals surface area contributed by atoms with Gasteiger partial charge in [-0.25, -0.2) is 0 Å². The molecule has 1 aromatic heterocycles. The van der Waals surface area contributed by atoms with Crippen LogP contribution < -0.4 is 16.0 Å². The molecule has 2 heterocycles. The Kier molecular flexibility index (Phi) is 7.52. The van der Waals surface area contributed by atoms with E-state index in [1.165, 1.54) is 0 Å². The van der Waals surface area contributed by atoms with Gasteiger partial charge < -0.3 is 16.0 Å². The fourth-order valence-electron chi connectivity index (χ4n) is 2.70. The zero-order valence-corrected chi connectivity index (χ0v) is 13.5. The highest BCUT2D eigenvalue weighted by atomic mass is 16.2. The third-order valence-corrected chi connectivity index (χ3v) is 4.13. The predicted octanol–water partition coefficient (Wildman–Crippen LogP) is 0.984. The summed E-state index contributed by atoms with van der Waals surface area (Å²) in [5, 5.41) is 8.97. The average molecular weight is 318 g/mol. The lowest BCUT2D eigenvalue weighted by Crippen LogP contribution is -2.31. The average Bonchev–Trinajstić information content (AvgIpc) is 2.60. The molecular formula is C17H26N4O2. The molecule has 0 aliphatic carbocycles. The molecule has 0 saturated carbocycles. The summed E-state index contributed by atoms with van der Waals surface area (Å²) >= 11 is 0. The molecule has 23 heavy (non-hydrogen) atoms. The summed E-state index contributed by atoms with van der Waals surface area (Å²) in [4.78, 5) is 27.5. The van der Waals surface area contributed by atoms with Crippen LogP contribution in [-0.4, -0.2) is 36.4 Å². The first-order chi connectivity index (χ1) is 11.2. The number of carbonyl (C=O) groups is 2. The molecule has 6 nitrogen and oxygen atoms in total. The maximum absolute atomic E-state index is 11.8. The number of carbonyl (C=O) groups excluding carboxylic acids is 2. The Labute approximate surface area is 137 Å². The van der Waals surface area contributed by atoms with Crippen LogP contribution in [0.3, 0.4) is 0 Å².